The molecule has 0 radical (unpaired) electrons. The Morgan fingerprint density at radius 1 is 1.57 bits per heavy atom. The van der Waals surface area contributed by atoms with Gasteiger partial charge < -0.3 is 15.1 Å². The van der Waals surface area contributed by atoms with Gasteiger partial charge in [-0.15, -0.1) is 11.6 Å². The fraction of sp³-hybridized carbons (Fsp3) is 0.429. The van der Waals surface area contributed by atoms with E-state index in [1.165, 1.54) is 0 Å². The van der Waals surface area contributed by atoms with Gasteiger partial charge in [0.2, 0.25) is 5.78 Å². The van der Waals surface area contributed by atoms with Crippen LogP contribution in [0.2, 0.25) is 0 Å². The largest absolute Gasteiger partial charge is 0.487 e. The summed E-state index contributed by atoms with van der Waals surface area (Å²) in [6.45, 7) is -0.297. The lowest BCUT2D eigenvalue weighted by molar-refractivity contribution is -0.113. The molecule has 0 saturated carbocycles. The van der Waals surface area contributed by atoms with E-state index in [1.807, 2.05) is 0 Å². The molecule has 0 aromatic heterocycles. The van der Waals surface area contributed by atoms with E-state index in [0.717, 1.165) is 0 Å². The van der Waals surface area contributed by atoms with Crippen LogP contribution >= 0.6 is 23.2 Å². The quantitative estimate of drug-likeness (QED) is 0.427. The van der Waals surface area contributed by atoms with Gasteiger partial charge in [0.15, 0.2) is 5.76 Å². The van der Waals surface area contributed by atoms with Crippen molar-refractivity contribution in [2.45, 2.75) is 5.38 Å². The summed E-state index contributed by atoms with van der Waals surface area (Å²) >= 11 is 11.2. The van der Waals surface area contributed by atoms with Gasteiger partial charge in [-0.3, -0.25) is 4.79 Å². The molecule has 1 unspecified atom stereocenters. The number of ether oxygens (including phenoxy) is 1. The maximum atomic E-state index is 11.2. The highest BCUT2D eigenvalue weighted by atomic mass is 35.5. The Labute approximate surface area is 89.6 Å². The molecule has 0 fully saturated rings. The van der Waals surface area contributed by atoms with Gasteiger partial charge in [-0.05, 0) is 0 Å². The van der Waals surface area contributed by atoms with Gasteiger partial charge >= 0.3 is 0 Å². The minimum Gasteiger partial charge on any atom is -0.487 e. The molecule has 5 nitrogen and oxygen atoms in total. The van der Waals surface area contributed by atoms with E-state index in [2.05, 4.69) is 5.16 Å². The van der Waals surface area contributed by atoms with E-state index in [0.29, 0.717) is 0 Å². The second-order valence-corrected chi connectivity index (χ2v) is 3.24. The van der Waals surface area contributed by atoms with Crippen molar-refractivity contribution in [3.8, 4) is 0 Å². The molecule has 0 aromatic rings. The van der Waals surface area contributed by atoms with Crippen LogP contribution in [0.1, 0.15) is 0 Å². The van der Waals surface area contributed by atoms with Crippen LogP contribution in [0.3, 0.4) is 0 Å². The first-order valence-electron chi connectivity index (χ1n) is 3.67. The molecule has 0 bridgehead atoms. The summed E-state index contributed by atoms with van der Waals surface area (Å²) in [4.78, 5) is 11.2. The first kappa shape index (κ1) is 11.3. The van der Waals surface area contributed by atoms with Crippen molar-refractivity contribution in [1.82, 2.24) is 0 Å². The van der Waals surface area contributed by atoms with Gasteiger partial charge in [-0.25, -0.2) is 0 Å². The first-order chi connectivity index (χ1) is 6.63. The molecular formula is C7H7Cl2NO4. The van der Waals surface area contributed by atoms with Crippen molar-refractivity contribution >= 4 is 34.7 Å². The predicted octanol–water partition coefficient (Wildman–Crippen LogP) is 0.466. The molecule has 0 aliphatic heterocycles. The Kier molecular flexibility index (Phi) is 3.74. The molecule has 0 heterocycles. The number of alkyl halides is 1. The molecule has 0 aromatic carbocycles. The van der Waals surface area contributed by atoms with E-state index in [1.54, 1.807) is 0 Å². The van der Waals surface area contributed by atoms with E-state index in [4.69, 9.17) is 38.3 Å². The molecule has 14 heavy (non-hydrogen) atoms. The van der Waals surface area contributed by atoms with Gasteiger partial charge in [0.05, 0.1) is 6.61 Å². The number of carbonyl (C=O) groups excluding carboxylic acids is 1. The molecule has 78 valence electrons. The summed E-state index contributed by atoms with van der Waals surface area (Å²) in [6, 6.07) is 0. The zero-order valence-electron chi connectivity index (χ0n) is 6.91. The van der Waals surface area contributed by atoms with Gasteiger partial charge in [0, 0.05) is 0 Å². The topological polar surface area (TPSA) is 79.1 Å². The number of nitrogens with zero attached hydrogens (tertiary/aromatic N) is 1. The zero-order chi connectivity index (χ0) is 10.7. The molecule has 0 spiro atoms. The zero-order valence-corrected chi connectivity index (χ0v) is 8.42. The first-order valence-corrected chi connectivity index (χ1v) is 4.49. The summed E-state index contributed by atoms with van der Waals surface area (Å²) in [5, 5.41) is 18.5. The Hall–Kier alpha value is -0.780. The number of hydrogen-bond donors (Lipinski definition) is 2. The van der Waals surface area contributed by atoms with E-state index >= 15 is 0 Å². The summed E-state index contributed by atoms with van der Waals surface area (Å²) in [5.41, 5.74) is -0.130. The maximum absolute atomic E-state index is 11.2. The number of oxime groups is 1. The van der Waals surface area contributed by atoms with Gasteiger partial charge in [0.1, 0.15) is 22.7 Å². The third-order valence-corrected chi connectivity index (χ3v) is 2.33. The molecule has 7 heteroatoms. The summed E-state index contributed by atoms with van der Waals surface area (Å²) in [5.74, 6) is -0.651. The van der Waals surface area contributed by atoms with Gasteiger partial charge in [-0.1, -0.05) is 16.8 Å². The van der Waals surface area contributed by atoms with Crippen molar-refractivity contribution in [2.24, 2.45) is 5.16 Å². The molecule has 0 saturated heterocycles. The number of ketones is 1. The standard InChI is InChI=1S/C7H7Cl2NO4/c8-3-5(10-13)7(14-2-1-11)4(9)6(3)12/h3,11,13H,1-2H2. The van der Waals surface area contributed by atoms with Crippen molar-refractivity contribution < 1.29 is 19.8 Å². The summed E-state index contributed by atoms with van der Waals surface area (Å²) in [7, 11) is 0. The average Bonchev–Trinajstić information content (AvgIpc) is 2.39. The Morgan fingerprint density at radius 3 is 2.71 bits per heavy atom. The molecule has 1 aliphatic rings. The minimum atomic E-state index is -1.12. The highest BCUT2D eigenvalue weighted by Gasteiger charge is 2.39. The molecule has 1 atom stereocenters. The molecule has 2 N–H and O–H groups in total. The third kappa shape index (κ3) is 1.84. The second kappa shape index (κ2) is 4.63. The fourth-order valence-electron chi connectivity index (χ4n) is 0.956. The summed E-state index contributed by atoms with van der Waals surface area (Å²) < 4.78 is 4.91. The molecule has 1 rings (SSSR count). The smallest absolute Gasteiger partial charge is 0.202 e. The average molecular weight is 240 g/mol. The number of allylic oxidation sites excluding steroid dienone is 2. The lowest BCUT2D eigenvalue weighted by Crippen LogP contribution is -2.18. The maximum Gasteiger partial charge on any atom is 0.202 e. The fourth-order valence-corrected chi connectivity index (χ4v) is 1.52. The van der Waals surface area contributed by atoms with Crippen LogP contribution in [-0.4, -0.2) is 40.4 Å². The van der Waals surface area contributed by atoms with Crippen LogP contribution < -0.4 is 0 Å². The minimum absolute atomic E-state index is 0.0541. The predicted molar refractivity (Wildman–Crippen MR) is 49.8 cm³/mol. The number of halogens is 2. The molecule has 1 aliphatic carbocycles. The van der Waals surface area contributed by atoms with Crippen molar-refractivity contribution in [1.29, 1.82) is 0 Å². The van der Waals surface area contributed by atoms with Crippen LogP contribution in [0.5, 0.6) is 0 Å². The Balaban J connectivity index is 2.93. The monoisotopic (exact) mass is 239 g/mol. The normalized spacial score (nSPS) is 24.9. The van der Waals surface area contributed by atoms with Crippen LogP contribution in [0.25, 0.3) is 0 Å². The third-order valence-electron chi connectivity index (χ3n) is 1.56. The SMILES string of the molecule is O=C1C(Cl)=C(OCCO)C(=NO)C1Cl. The number of hydrogen-bond acceptors (Lipinski definition) is 5. The molecular weight excluding hydrogens is 233 g/mol. The molecule has 0 amide bonds. The number of rotatable bonds is 3. The number of carbonyl (C=O) groups is 1. The van der Waals surface area contributed by atoms with Crippen LogP contribution in [0, 0.1) is 0 Å². The highest BCUT2D eigenvalue weighted by molar-refractivity contribution is 6.60. The second-order valence-electron chi connectivity index (χ2n) is 2.43. The van der Waals surface area contributed by atoms with Crippen molar-refractivity contribution in [3.63, 3.8) is 0 Å². The summed E-state index contributed by atoms with van der Waals surface area (Å²) in [6.07, 6.45) is 0. The Bertz CT molecular complexity index is 313. The van der Waals surface area contributed by atoms with Gasteiger partial charge in [-0.2, -0.15) is 0 Å². The number of Topliss-reactive ketones (excluding diaryl/α,β-unsaturated/α-hetero) is 1. The van der Waals surface area contributed by atoms with Crippen molar-refractivity contribution in [2.75, 3.05) is 13.2 Å². The van der Waals surface area contributed by atoms with E-state index in [-0.39, 0.29) is 29.7 Å². The lowest BCUT2D eigenvalue weighted by atomic mass is 10.3. The van der Waals surface area contributed by atoms with Crippen molar-refractivity contribution in [3.05, 3.63) is 10.8 Å². The van der Waals surface area contributed by atoms with Crippen LogP contribution in [0.15, 0.2) is 15.9 Å². The van der Waals surface area contributed by atoms with E-state index in [9.17, 15) is 4.79 Å². The Morgan fingerprint density at radius 2 is 2.21 bits per heavy atom. The van der Waals surface area contributed by atoms with E-state index < -0.39 is 11.2 Å². The highest BCUT2D eigenvalue weighted by Crippen LogP contribution is 2.28. The number of aliphatic hydroxyl groups is 1. The van der Waals surface area contributed by atoms with Crippen LogP contribution in [0.4, 0.5) is 0 Å². The van der Waals surface area contributed by atoms with Gasteiger partial charge in [0.25, 0.3) is 0 Å². The van der Waals surface area contributed by atoms with Crippen LogP contribution in [-0.2, 0) is 9.53 Å². The lowest BCUT2D eigenvalue weighted by Gasteiger charge is -2.05. The number of aliphatic hydroxyl groups excluding tert-OH is 1.